The van der Waals surface area contributed by atoms with Gasteiger partial charge in [0, 0.05) is 6.42 Å². The van der Waals surface area contributed by atoms with Crippen LogP contribution in [0.2, 0.25) is 5.02 Å². The molecule has 0 atom stereocenters. The van der Waals surface area contributed by atoms with Gasteiger partial charge in [0.1, 0.15) is 6.61 Å². The number of benzene rings is 2. The molecule has 166 valence electrons. The first-order chi connectivity index (χ1) is 14.8. The lowest BCUT2D eigenvalue weighted by Crippen LogP contribution is -2.28. The molecule has 2 aromatic rings. The number of aryl methyl sites for hydroxylation is 2. The van der Waals surface area contributed by atoms with Crippen LogP contribution in [0.15, 0.2) is 36.4 Å². The number of nitrogens with one attached hydrogen (secondary N) is 1. The molecule has 2 rings (SSSR count). The Labute approximate surface area is 185 Å². The predicted octanol–water partition coefficient (Wildman–Crippen LogP) is 2.43. The van der Waals surface area contributed by atoms with Crippen LogP contribution < -0.4 is 20.5 Å². The molecule has 9 heteroatoms. The maximum Gasteiger partial charge on any atom is 0.338 e. The summed E-state index contributed by atoms with van der Waals surface area (Å²) in [6.07, 6.45) is 0.977. The van der Waals surface area contributed by atoms with Gasteiger partial charge in [0.15, 0.2) is 18.1 Å². The average molecular weight is 449 g/mol. The highest BCUT2D eigenvalue weighted by Gasteiger charge is 2.17. The average Bonchev–Trinajstić information content (AvgIpc) is 2.74. The van der Waals surface area contributed by atoms with E-state index < -0.39 is 11.9 Å². The Morgan fingerprint density at radius 2 is 1.84 bits per heavy atom. The summed E-state index contributed by atoms with van der Waals surface area (Å²) in [5.74, 6) is -1.19. The molecule has 0 heterocycles. The number of ether oxygens (including phenoxy) is 3. The van der Waals surface area contributed by atoms with Crippen molar-refractivity contribution >= 4 is 29.4 Å². The molecule has 0 spiro atoms. The van der Waals surface area contributed by atoms with Crippen molar-refractivity contribution in [2.24, 2.45) is 5.73 Å². The van der Waals surface area contributed by atoms with Crippen LogP contribution in [0.5, 0.6) is 11.5 Å². The second-order valence-electron chi connectivity index (χ2n) is 6.72. The Morgan fingerprint density at radius 3 is 2.48 bits per heavy atom. The van der Waals surface area contributed by atoms with Gasteiger partial charge >= 0.3 is 5.97 Å². The van der Waals surface area contributed by atoms with Crippen LogP contribution in [0, 0.1) is 6.92 Å². The van der Waals surface area contributed by atoms with Crippen molar-refractivity contribution in [3.05, 3.63) is 58.1 Å². The first-order valence-electron chi connectivity index (χ1n) is 9.58. The van der Waals surface area contributed by atoms with Crippen LogP contribution in [0.1, 0.15) is 27.9 Å². The summed E-state index contributed by atoms with van der Waals surface area (Å²) in [6.45, 7) is 1.80. The van der Waals surface area contributed by atoms with Crippen molar-refractivity contribution in [1.82, 2.24) is 5.32 Å². The number of carbonyl (C=O) groups is 3. The summed E-state index contributed by atoms with van der Waals surface area (Å²) in [5, 5.41) is 2.78. The summed E-state index contributed by atoms with van der Waals surface area (Å²) in [6, 6.07) is 10.7. The van der Waals surface area contributed by atoms with Gasteiger partial charge in [-0.15, -0.1) is 0 Å². The number of nitrogens with two attached hydrogens (primary N) is 1. The van der Waals surface area contributed by atoms with Gasteiger partial charge in [-0.1, -0.05) is 41.4 Å². The highest BCUT2D eigenvalue weighted by Crippen LogP contribution is 2.36. The maximum atomic E-state index is 12.3. The Hall–Kier alpha value is -3.26. The van der Waals surface area contributed by atoms with E-state index in [1.54, 1.807) is 0 Å². The van der Waals surface area contributed by atoms with Crippen LogP contribution in [0.4, 0.5) is 0 Å². The minimum atomic E-state index is -0.678. The van der Waals surface area contributed by atoms with E-state index in [0.717, 1.165) is 5.56 Å². The number of hydrogen-bond donors (Lipinski definition) is 2. The fraction of sp³-hybridized carbons (Fsp3) is 0.318. The fourth-order valence-electron chi connectivity index (χ4n) is 2.64. The molecule has 31 heavy (non-hydrogen) atoms. The van der Waals surface area contributed by atoms with Crippen LogP contribution >= 0.6 is 11.6 Å². The van der Waals surface area contributed by atoms with Gasteiger partial charge in [-0.2, -0.15) is 0 Å². The lowest BCUT2D eigenvalue weighted by molar-refractivity contribution is -0.121. The lowest BCUT2D eigenvalue weighted by atomic mass is 10.1. The smallest absolute Gasteiger partial charge is 0.338 e. The van der Waals surface area contributed by atoms with Crippen molar-refractivity contribution in [1.29, 1.82) is 0 Å². The van der Waals surface area contributed by atoms with Gasteiger partial charge in [0.05, 0.1) is 24.2 Å². The van der Waals surface area contributed by atoms with Gasteiger partial charge in [0.2, 0.25) is 5.91 Å². The normalized spacial score (nSPS) is 10.3. The Kier molecular flexibility index (Phi) is 9.14. The first kappa shape index (κ1) is 24.0. The molecule has 0 aliphatic heterocycles. The van der Waals surface area contributed by atoms with Crippen LogP contribution in [0.3, 0.4) is 0 Å². The van der Waals surface area contributed by atoms with Gasteiger partial charge in [-0.25, -0.2) is 4.79 Å². The predicted molar refractivity (Wildman–Crippen MR) is 115 cm³/mol. The molecule has 0 fully saturated rings. The van der Waals surface area contributed by atoms with E-state index in [2.05, 4.69) is 5.32 Å². The number of hydrogen-bond acceptors (Lipinski definition) is 6. The third-order valence-electron chi connectivity index (χ3n) is 4.24. The standard InChI is InChI=1S/C22H25ClN2O6/c1-14-3-5-15(6-4-14)7-8-20(27)25-9-10-30-22(28)16-11-17(23)21(18(12-16)29-2)31-13-19(24)26/h3-6,11-12H,7-10,13H2,1-2H3,(H2,24,26)(H,25,27). The van der Waals surface area contributed by atoms with E-state index in [1.807, 2.05) is 31.2 Å². The van der Waals surface area contributed by atoms with E-state index in [9.17, 15) is 14.4 Å². The zero-order valence-corrected chi connectivity index (χ0v) is 18.2. The van der Waals surface area contributed by atoms with E-state index in [4.69, 9.17) is 31.5 Å². The largest absolute Gasteiger partial charge is 0.493 e. The number of primary amides is 1. The molecule has 2 aromatic carbocycles. The highest BCUT2D eigenvalue weighted by atomic mass is 35.5. The molecule has 0 unspecified atom stereocenters. The number of amides is 2. The van der Waals surface area contributed by atoms with Crippen molar-refractivity contribution in [3.8, 4) is 11.5 Å². The Balaban J connectivity index is 1.79. The van der Waals surface area contributed by atoms with E-state index in [0.29, 0.717) is 12.8 Å². The summed E-state index contributed by atoms with van der Waals surface area (Å²) in [5.41, 5.74) is 7.44. The molecule has 0 radical (unpaired) electrons. The molecule has 0 aromatic heterocycles. The van der Waals surface area contributed by atoms with Crippen molar-refractivity contribution < 1.29 is 28.6 Å². The van der Waals surface area contributed by atoms with Gasteiger partial charge < -0.3 is 25.3 Å². The molecule has 0 saturated carbocycles. The molecule has 8 nitrogen and oxygen atoms in total. The summed E-state index contributed by atoms with van der Waals surface area (Å²) >= 11 is 6.12. The van der Waals surface area contributed by atoms with E-state index >= 15 is 0 Å². The number of methoxy groups -OCH3 is 1. The zero-order chi connectivity index (χ0) is 22.8. The summed E-state index contributed by atoms with van der Waals surface area (Å²) < 4.78 is 15.5. The van der Waals surface area contributed by atoms with Gasteiger partial charge in [0.25, 0.3) is 5.91 Å². The van der Waals surface area contributed by atoms with Crippen molar-refractivity contribution in [3.63, 3.8) is 0 Å². The SMILES string of the molecule is COc1cc(C(=O)OCCNC(=O)CCc2ccc(C)cc2)cc(Cl)c1OCC(N)=O. The number of carbonyl (C=O) groups excluding carboxylic acids is 3. The molecule has 0 bridgehead atoms. The van der Waals surface area contributed by atoms with Crippen molar-refractivity contribution in [2.45, 2.75) is 19.8 Å². The molecule has 2 amide bonds. The third-order valence-corrected chi connectivity index (χ3v) is 4.52. The summed E-state index contributed by atoms with van der Waals surface area (Å²) in [7, 11) is 1.37. The lowest BCUT2D eigenvalue weighted by Gasteiger charge is -2.13. The molecular formula is C22H25ClN2O6. The van der Waals surface area contributed by atoms with Crippen LogP contribution in [0.25, 0.3) is 0 Å². The number of halogens is 1. The van der Waals surface area contributed by atoms with Gasteiger partial charge in [-0.05, 0) is 31.0 Å². The minimum absolute atomic E-state index is 0.00499. The van der Waals surface area contributed by atoms with E-state index in [1.165, 1.54) is 24.8 Å². The van der Waals surface area contributed by atoms with Gasteiger partial charge in [-0.3, -0.25) is 9.59 Å². The molecule has 0 aliphatic carbocycles. The molecule has 3 N–H and O–H groups in total. The topological polar surface area (TPSA) is 117 Å². The van der Waals surface area contributed by atoms with Crippen LogP contribution in [-0.4, -0.2) is 44.7 Å². The summed E-state index contributed by atoms with van der Waals surface area (Å²) in [4.78, 5) is 35.1. The zero-order valence-electron chi connectivity index (χ0n) is 17.4. The Morgan fingerprint density at radius 1 is 1.13 bits per heavy atom. The quantitative estimate of drug-likeness (QED) is 0.402. The highest BCUT2D eigenvalue weighted by molar-refractivity contribution is 6.32. The molecular weight excluding hydrogens is 424 g/mol. The minimum Gasteiger partial charge on any atom is -0.493 e. The number of esters is 1. The Bertz CT molecular complexity index is 930. The fourth-order valence-corrected chi connectivity index (χ4v) is 2.90. The second-order valence-corrected chi connectivity index (χ2v) is 7.12. The van der Waals surface area contributed by atoms with Crippen molar-refractivity contribution in [2.75, 3.05) is 26.9 Å². The number of rotatable bonds is 11. The monoisotopic (exact) mass is 448 g/mol. The maximum absolute atomic E-state index is 12.3. The first-order valence-corrected chi connectivity index (χ1v) is 9.96. The second kappa shape index (κ2) is 11.8. The third kappa shape index (κ3) is 7.82. The molecule has 0 aliphatic rings. The van der Waals surface area contributed by atoms with E-state index in [-0.39, 0.29) is 47.8 Å². The van der Waals surface area contributed by atoms with Crippen LogP contribution in [-0.2, 0) is 20.7 Å². The molecule has 0 saturated heterocycles.